The van der Waals surface area contributed by atoms with E-state index in [-0.39, 0.29) is 0 Å². The number of unbranched alkanes of at least 4 members (excludes halogenated alkanes) is 1. The number of aromatic amines is 1. The third-order valence-electron chi connectivity index (χ3n) is 2.60. The van der Waals surface area contributed by atoms with Crippen LogP contribution >= 0.6 is 11.8 Å². The molecule has 2 N–H and O–H groups in total. The number of thioether (sulfide) groups is 1. The summed E-state index contributed by atoms with van der Waals surface area (Å²) in [4.78, 5) is 7.87. The Hall–Kier alpha value is -1.00. The molecule has 2 aromatic rings. The van der Waals surface area contributed by atoms with Gasteiger partial charge in [-0.15, -0.1) is 0 Å². The van der Waals surface area contributed by atoms with Gasteiger partial charge in [-0.2, -0.15) is 0 Å². The van der Waals surface area contributed by atoms with Crippen molar-refractivity contribution in [3.05, 3.63) is 24.3 Å². The Labute approximate surface area is 106 Å². The number of para-hydroxylation sites is 2. The fourth-order valence-electron chi connectivity index (χ4n) is 1.70. The zero-order valence-corrected chi connectivity index (χ0v) is 11.0. The average Bonchev–Trinajstić information content (AvgIpc) is 2.76. The van der Waals surface area contributed by atoms with E-state index in [4.69, 9.17) is 0 Å². The minimum atomic E-state index is 1.04. The maximum absolute atomic E-state index is 4.54. The number of nitrogens with one attached hydrogen (secondary N) is 2. The molecule has 1 aromatic carbocycles. The number of fused-ring (bicyclic) bond motifs is 1. The summed E-state index contributed by atoms with van der Waals surface area (Å²) in [5.74, 6) is 1.13. The van der Waals surface area contributed by atoms with Crippen molar-refractivity contribution in [2.24, 2.45) is 0 Å². The smallest absolute Gasteiger partial charge is 0.166 e. The fraction of sp³-hybridized carbons (Fsp3) is 0.462. The summed E-state index contributed by atoms with van der Waals surface area (Å²) in [6.45, 7) is 4.33. The first-order valence-corrected chi connectivity index (χ1v) is 7.17. The first-order chi connectivity index (χ1) is 8.40. The van der Waals surface area contributed by atoms with E-state index in [0.29, 0.717) is 0 Å². The fourth-order valence-corrected chi connectivity index (χ4v) is 2.58. The van der Waals surface area contributed by atoms with Gasteiger partial charge in [-0.1, -0.05) is 30.8 Å². The third kappa shape index (κ3) is 3.75. The number of nitrogens with zero attached hydrogens (tertiary/aromatic N) is 1. The Morgan fingerprint density at radius 3 is 3.00 bits per heavy atom. The lowest BCUT2D eigenvalue weighted by Gasteiger charge is -2.00. The molecule has 0 fully saturated rings. The molecule has 92 valence electrons. The first-order valence-electron chi connectivity index (χ1n) is 6.18. The molecule has 0 spiro atoms. The van der Waals surface area contributed by atoms with Crippen LogP contribution in [-0.2, 0) is 0 Å². The highest BCUT2D eigenvalue weighted by Gasteiger charge is 2.01. The lowest BCUT2D eigenvalue weighted by atomic mass is 10.3. The number of hydrogen-bond donors (Lipinski definition) is 2. The molecule has 0 saturated carbocycles. The molecule has 2 rings (SSSR count). The SMILES string of the molecule is CCNCCCCSc1nc2ccccc2[nH]1. The van der Waals surface area contributed by atoms with Crippen LogP contribution in [0.4, 0.5) is 0 Å². The van der Waals surface area contributed by atoms with E-state index in [2.05, 4.69) is 28.3 Å². The van der Waals surface area contributed by atoms with E-state index in [9.17, 15) is 0 Å². The van der Waals surface area contributed by atoms with Crippen molar-refractivity contribution >= 4 is 22.8 Å². The van der Waals surface area contributed by atoms with Crippen LogP contribution in [0.5, 0.6) is 0 Å². The zero-order chi connectivity index (χ0) is 11.9. The van der Waals surface area contributed by atoms with Gasteiger partial charge in [0.15, 0.2) is 5.16 Å². The molecule has 0 atom stereocenters. The summed E-state index contributed by atoms with van der Waals surface area (Å²) in [6, 6.07) is 8.16. The monoisotopic (exact) mass is 249 g/mol. The van der Waals surface area contributed by atoms with E-state index in [1.165, 1.54) is 12.8 Å². The van der Waals surface area contributed by atoms with Crippen molar-refractivity contribution in [2.45, 2.75) is 24.9 Å². The van der Waals surface area contributed by atoms with Gasteiger partial charge in [0.2, 0.25) is 0 Å². The summed E-state index contributed by atoms with van der Waals surface area (Å²) in [6.07, 6.45) is 2.47. The van der Waals surface area contributed by atoms with E-state index in [1.807, 2.05) is 30.0 Å². The molecule has 4 heteroatoms. The van der Waals surface area contributed by atoms with Crippen LogP contribution in [0.15, 0.2) is 29.4 Å². The number of benzene rings is 1. The van der Waals surface area contributed by atoms with Crippen molar-refractivity contribution in [2.75, 3.05) is 18.8 Å². The first kappa shape index (κ1) is 12.5. The van der Waals surface area contributed by atoms with Crippen molar-refractivity contribution in [1.82, 2.24) is 15.3 Å². The van der Waals surface area contributed by atoms with E-state index < -0.39 is 0 Å². The van der Waals surface area contributed by atoms with Gasteiger partial charge in [-0.05, 0) is 38.1 Å². The summed E-state index contributed by atoms with van der Waals surface area (Å²) < 4.78 is 0. The van der Waals surface area contributed by atoms with Crippen molar-refractivity contribution in [3.63, 3.8) is 0 Å². The van der Waals surface area contributed by atoms with Crippen molar-refractivity contribution in [1.29, 1.82) is 0 Å². The lowest BCUT2D eigenvalue weighted by Crippen LogP contribution is -2.13. The van der Waals surface area contributed by atoms with E-state index >= 15 is 0 Å². The molecule has 0 saturated heterocycles. The standard InChI is InChI=1S/C13H19N3S/c1-2-14-9-5-6-10-17-13-15-11-7-3-4-8-12(11)16-13/h3-4,7-8,14H,2,5-6,9-10H2,1H3,(H,15,16). The second-order valence-electron chi connectivity index (χ2n) is 3.97. The molecule has 0 aliphatic heterocycles. The Kier molecular flexibility index (Phi) is 4.88. The number of aromatic nitrogens is 2. The van der Waals surface area contributed by atoms with Gasteiger partial charge in [-0.25, -0.2) is 4.98 Å². The van der Waals surface area contributed by atoms with Gasteiger partial charge in [0.25, 0.3) is 0 Å². The van der Waals surface area contributed by atoms with Gasteiger partial charge in [0.05, 0.1) is 11.0 Å². The molecular formula is C13H19N3S. The number of hydrogen-bond acceptors (Lipinski definition) is 3. The average molecular weight is 249 g/mol. The molecule has 0 bridgehead atoms. The molecule has 0 radical (unpaired) electrons. The highest BCUT2D eigenvalue weighted by atomic mass is 32.2. The number of imidazole rings is 1. The normalized spacial score (nSPS) is 11.1. The summed E-state index contributed by atoms with van der Waals surface area (Å²) in [7, 11) is 0. The van der Waals surface area contributed by atoms with Gasteiger partial charge >= 0.3 is 0 Å². The topological polar surface area (TPSA) is 40.7 Å². The van der Waals surface area contributed by atoms with Crippen LogP contribution < -0.4 is 5.32 Å². The minimum Gasteiger partial charge on any atom is -0.333 e. The summed E-state index contributed by atoms with van der Waals surface area (Å²) in [5, 5.41) is 4.37. The minimum absolute atomic E-state index is 1.04. The van der Waals surface area contributed by atoms with Crippen LogP contribution in [0.3, 0.4) is 0 Å². The molecule has 0 aliphatic carbocycles. The molecule has 0 aliphatic rings. The molecule has 0 unspecified atom stereocenters. The second-order valence-corrected chi connectivity index (χ2v) is 5.05. The molecule has 17 heavy (non-hydrogen) atoms. The van der Waals surface area contributed by atoms with Crippen molar-refractivity contribution in [3.8, 4) is 0 Å². The predicted molar refractivity (Wildman–Crippen MR) is 74.6 cm³/mol. The Bertz CT molecular complexity index is 420. The van der Waals surface area contributed by atoms with Crippen LogP contribution in [0, 0.1) is 0 Å². The Morgan fingerprint density at radius 1 is 1.29 bits per heavy atom. The van der Waals surface area contributed by atoms with Gasteiger partial charge in [0.1, 0.15) is 0 Å². The van der Waals surface area contributed by atoms with Gasteiger partial charge in [-0.3, -0.25) is 0 Å². The van der Waals surface area contributed by atoms with E-state index in [1.54, 1.807) is 0 Å². The Balaban J connectivity index is 1.75. The quantitative estimate of drug-likeness (QED) is 0.585. The van der Waals surface area contributed by atoms with Crippen LogP contribution in [0.1, 0.15) is 19.8 Å². The molecular weight excluding hydrogens is 230 g/mol. The molecule has 0 amide bonds. The largest absolute Gasteiger partial charge is 0.333 e. The highest BCUT2D eigenvalue weighted by Crippen LogP contribution is 2.19. The second kappa shape index (κ2) is 6.67. The molecule has 3 nitrogen and oxygen atoms in total. The Morgan fingerprint density at radius 2 is 2.18 bits per heavy atom. The maximum Gasteiger partial charge on any atom is 0.166 e. The van der Waals surface area contributed by atoms with Gasteiger partial charge < -0.3 is 10.3 Å². The summed E-state index contributed by atoms with van der Waals surface area (Å²) >= 11 is 1.81. The molecule has 1 aromatic heterocycles. The number of H-pyrrole nitrogens is 1. The predicted octanol–water partition coefficient (Wildman–Crippen LogP) is 3.04. The van der Waals surface area contributed by atoms with Crippen LogP contribution in [0.2, 0.25) is 0 Å². The lowest BCUT2D eigenvalue weighted by molar-refractivity contribution is 0.666. The maximum atomic E-state index is 4.54. The van der Waals surface area contributed by atoms with Gasteiger partial charge in [0, 0.05) is 5.75 Å². The van der Waals surface area contributed by atoms with Crippen LogP contribution in [-0.4, -0.2) is 28.8 Å². The van der Waals surface area contributed by atoms with Crippen LogP contribution in [0.25, 0.3) is 11.0 Å². The zero-order valence-electron chi connectivity index (χ0n) is 10.2. The third-order valence-corrected chi connectivity index (χ3v) is 3.56. The molecule has 1 heterocycles. The number of rotatable bonds is 7. The van der Waals surface area contributed by atoms with Crippen molar-refractivity contribution < 1.29 is 0 Å². The summed E-state index contributed by atoms with van der Waals surface area (Å²) in [5.41, 5.74) is 2.19. The van der Waals surface area contributed by atoms with E-state index in [0.717, 1.165) is 35.0 Å². The highest BCUT2D eigenvalue weighted by molar-refractivity contribution is 7.99.